The third kappa shape index (κ3) is 8.04. The molecule has 0 saturated heterocycles. The van der Waals surface area contributed by atoms with E-state index in [4.69, 9.17) is 0 Å². The minimum absolute atomic E-state index is 0. The molecule has 25 heavy (non-hydrogen) atoms. The number of nitrogens with one attached hydrogen (secondary N) is 2. The molecule has 1 aromatic heterocycles. The molecule has 0 atom stereocenters. The summed E-state index contributed by atoms with van der Waals surface area (Å²) in [5.74, 6) is 0.359. The Kier molecular flexibility index (Phi) is 9.19. The largest absolute Gasteiger partial charge is 0.390 e. The summed E-state index contributed by atoms with van der Waals surface area (Å²) in [5, 5.41) is 8.58. The summed E-state index contributed by atoms with van der Waals surface area (Å²) in [5.41, 5.74) is 2.02. The molecule has 2 N–H and O–H groups in total. The maximum absolute atomic E-state index is 12.1. The van der Waals surface area contributed by atoms with Crippen LogP contribution in [-0.4, -0.2) is 37.3 Å². The maximum atomic E-state index is 12.1. The molecule has 0 saturated carbocycles. The molecule has 0 fully saturated rings. The molecular weight excluding hydrogens is 464 g/mol. The Hall–Kier alpha value is -1.36. The van der Waals surface area contributed by atoms with Crippen LogP contribution in [0.15, 0.2) is 40.7 Å². The molecule has 0 bridgehead atoms. The lowest BCUT2D eigenvalue weighted by molar-refractivity contribution is -0.132. The molecule has 2 rings (SSSR count). The van der Waals surface area contributed by atoms with Crippen molar-refractivity contribution in [3.05, 3.63) is 41.4 Å². The topological polar surface area (TPSA) is 49.3 Å². The molecule has 9 heteroatoms. The highest BCUT2D eigenvalue weighted by Gasteiger charge is 2.26. The van der Waals surface area contributed by atoms with E-state index in [0.717, 1.165) is 16.3 Å². The van der Waals surface area contributed by atoms with Crippen LogP contribution in [0, 0.1) is 0 Å². The minimum atomic E-state index is -4.17. The van der Waals surface area contributed by atoms with Gasteiger partial charge >= 0.3 is 6.18 Å². The Morgan fingerprint density at radius 3 is 2.48 bits per heavy atom. The van der Waals surface area contributed by atoms with Gasteiger partial charge in [0, 0.05) is 37.5 Å². The first-order valence-electron chi connectivity index (χ1n) is 7.49. The van der Waals surface area contributed by atoms with Crippen molar-refractivity contribution < 1.29 is 13.2 Å². The van der Waals surface area contributed by atoms with Crippen LogP contribution < -0.4 is 10.6 Å². The summed E-state index contributed by atoms with van der Waals surface area (Å²) in [6.45, 7) is 0.349. The SMILES string of the molecule is CN=C(NCCc1csc(-c2ccccc2)n1)NCCC(F)(F)F.I. The van der Waals surface area contributed by atoms with E-state index in [1.54, 1.807) is 11.3 Å². The molecule has 1 heterocycles. The van der Waals surface area contributed by atoms with Crippen LogP contribution in [-0.2, 0) is 6.42 Å². The molecule has 1 aromatic carbocycles. The van der Waals surface area contributed by atoms with Gasteiger partial charge in [-0.2, -0.15) is 13.2 Å². The van der Waals surface area contributed by atoms with Crippen LogP contribution in [0.4, 0.5) is 13.2 Å². The van der Waals surface area contributed by atoms with Gasteiger partial charge in [0.05, 0.1) is 12.1 Å². The van der Waals surface area contributed by atoms with E-state index < -0.39 is 12.6 Å². The first kappa shape index (κ1) is 21.7. The second-order valence-corrected chi connectivity index (χ2v) is 5.91. The molecule has 0 radical (unpaired) electrons. The van der Waals surface area contributed by atoms with Gasteiger partial charge in [0.1, 0.15) is 5.01 Å². The van der Waals surface area contributed by atoms with Crippen molar-refractivity contribution in [2.45, 2.75) is 19.0 Å². The molecule has 0 aliphatic rings. The molecule has 0 spiro atoms. The summed E-state index contributed by atoms with van der Waals surface area (Å²) in [6, 6.07) is 9.91. The quantitative estimate of drug-likeness (QED) is 0.369. The van der Waals surface area contributed by atoms with E-state index in [2.05, 4.69) is 20.6 Å². The Bertz CT molecular complexity index is 659. The average Bonchev–Trinajstić information content (AvgIpc) is 3.02. The highest BCUT2D eigenvalue weighted by atomic mass is 127. The summed E-state index contributed by atoms with van der Waals surface area (Å²) < 4.78 is 36.4. The fraction of sp³-hybridized carbons (Fsp3) is 0.375. The fourth-order valence-electron chi connectivity index (χ4n) is 1.99. The lowest BCUT2D eigenvalue weighted by Gasteiger charge is -2.12. The van der Waals surface area contributed by atoms with Gasteiger partial charge in [-0.05, 0) is 0 Å². The van der Waals surface area contributed by atoms with Gasteiger partial charge in [-0.15, -0.1) is 35.3 Å². The van der Waals surface area contributed by atoms with Gasteiger partial charge in [-0.1, -0.05) is 30.3 Å². The summed E-state index contributed by atoms with van der Waals surface area (Å²) >= 11 is 1.57. The number of aliphatic imine (C=N–C) groups is 1. The first-order chi connectivity index (χ1) is 11.5. The smallest absolute Gasteiger partial charge is 0.356 e. The van der Waals surface area contributed by atoms with Gasteiger partial charge in [0.15, 0.2) is 5.96 Å². The second kappa shape index (κ2) is 10.6. The number of hydrogen-bond acceptors (Lipinski definition) is 3. The molecule has 2 aromatic rings. The van der Waals surface area contributed by atoms with Crippen molar-refractivity contribution >= 4 is 41.3 Å². The standard InChI is InChI=1S/C16H19F3N4S.HI/c1-20-15(22-10-8-16(17,18)19)21-9-7-13-11-24-14(23-13)12-5-3-2-4-6-12;/h2-6,11H,7-10H2,1H3,(H2,20,21,22);1H. The molecule has 0 amide bonds. The van der Waals surface area contributed by atoms with Gasteiger partial charge in [-0.25, -0.2) is 4.98 Å². The maximum Gasteiger partial charge on any atom is 0.390 e. The van der Waals surface area contributed by atoms with E-state index in [1.165, 1.54) is 7.05 Å². The van der Waals surface area contributed by atoms with Crippen LogP contribution in [0.1, 0.15) is 12.1 Å². The number of hydrogen-bond donors (Lipinski definition) is 2. The van der Waals surface area contributed by atoms with Gasteiger partial charge in [-0.3, -0.25) is 4.99 Å². The van der Waals surface area contributed by atoms with Crippen molar-refractivity contribution in [2.75, 3.05) is 20.1 Å². The van der Waals surface area contributed by atoms with Crippen molar-refractivity contribution in [3.63, 3.8) is 0 Å². The number of aromatic nitrogens is 1. The normalized spacial score (nSPS) is 11.8. The van der Waals surface area contributed by atoms with Crippen molar-refractivity contribution in [1.29, 1.82) is 0 Å². The number of nitrogens with zero attached hydrogens (tertiary/aromatic N) is 2. The Morgan fingerprint density at radius 1 is 1.16 bits per heavy atom. The van der Waals surface area contributed by atoms with E-state index in [0.29, 0.717) is 18.9 Å². The molecular formula is C16H20F3IN4S. The van der Waals surface area contributed by atoms with Crippen LogP contribution in [0.5, 0.6) is 0 Å². The lowest BCUT2D eigenvalue weighted by atomic mass is 10.2. The Labute approximate surface area is 166 Å². The third-order valence-electron chi connectivity index (χ3n) is 3.17. The van der Waals surface area contributed by atoms with E-state index in [9.17, 15) is 13.2 Å². The Balaban J connectivity index is 0.00000312. The third-order valence-corrected chi connectivity index (χ3v) is 4.11. The lowest BCUT2D eigenvalue weighted by Crippen LogP contribution is -2.39. The highest BCUT2D eigenvalue weighted by Crippen LogP contribution is 2.23. The van der Waals surface area contributed by atoms with E-state index in [-0.39, 0.29) is 30.5 Å². The molecule has 4 nitrogen and oxygen atoms in total. The fourth-order valence-corrected chi connectivity index (χ4v) is 2.85. The minimum Gasteiger partial charge on any atom is -0.356 e. The monoisotopic (exact) mass is 484 g/mol. The number of benzene rings is 1. The van der Waals surface area contributed by atoms with Crippen LogP contribution in [0.3, 0.4) is 0 Å². The molecule has 138 valence electrons. The van der Waals surface area contributed by atoms with E-state index >= 15 is 0 Å². The molecule has 0 unspecified atom stereocenters. The summed E-state index contributed by atoms with van der Waals surface area (Å²) in [4.78, 5) is 8.47. The number of alkyl halides is 3. The van der Waals surface area contributed by atoms with Gasteiger partial charge in [0.2, 0.25) is 0 Å². The number of thiazole rings is 1. The first-order valence-corrected chi connectivity index (χ1v) is 8.37. The number of halogens is 4. The van der Waals surface area contributed by atoms with Crippen LogP contribution >= 0.6 is 35.3 Å². The van der Waals surface area contributed by atoms with Crippen LogP contribution in [0.2, 0.25) is 0 Å². The number of guanidine groups is 1. The van der Waals surface area contributed by atoms with Gasteiger partial charge in [0.25, 0.3) is 0 Å². The molecule has 0 aliphatic carbocycles. The number of rotatable bonds is 6. The zero-order chi connectivity index (χ0) is 17.4. The van der Waals surface area contributed by atoms with E-state index in [1.807, 2.05) is 35.7 Å². The van der Waals surface area contributed by atoms with Gasteiger partial charge < -0.3 is 10.6 Å². The predicted molar refractivity (Wildman–Crippen MR) is 107 cm³/mol. The molecule has 0 aliphatic heterocycles. The zero-order valence-electron chi connectivity index (χ0n) is 13.6. The highest BCUT2D eigenvalue weighted by molar-refractivity contribution is 14.0. The Morgan fingerprint density at radius 2 is 1.84 bits per heavy atom. The predicted octanol–water partition coefficient (Wildman–Crippen LogP) is 4.09. The van der Waals surface area contributed by atoms with Crippen molar-refractivity contribution in [3.8, 4) is 10.6 Å². The van der Waals surface area contributed by atoms with Crippen molar-refractivity contribution in [2.24, 2.45) is 4.99 Å². The summed E-state index contributed by atoms with van der Waals surface area (Å²) in [6.07, 6.45) is -4.39. The van der Waals surface area contributed by atoms with Crippen LogP contribution in [0.25, 0.3) is 10.6 Å². The van der Waals surface area contributed by atoms with Crippen molar-refractivity contribution in [1.82, 2.24) is 15.6 Å². The zero-order valence-corrected chi connectivity index (χ0v) is 16.8. The average molecular weight is 484 g/mol. The second-order valence-electron chi connectivity index (χ2n) is 5.05. The summed E-state index contributed by atoms with van der Waals surface area (Å²) in [7, 11) is 1.53.